The Kier molecular flexibility index (Phi) is 5.79. The molecule has 1 amide bonds. The van der Waals surface area contributed by atoms with Crippen molar-refractivity contribution in [3.8, 4) is 0 Å². The van der Waals surface area contributed by atoms with Crippen molar-refractivity contribution >= 4 is 33.4 Å². The third-order valence-electron chi connectivity index (χ3n) is 3.03. The molecule has 0 spiro atoms. The van der Waals surface area contributed by atoms with Gasteiger partial charge in [-0.3, -0.25) is 4.79 Å². The van der Waals surface area contributed by atoms with Crippen LogP contribution in [-0.4, -0.2) is 13.0 Å². The Morgan fingerprint density at radius 3 is 2.67 bits per heavy atom. The summed E-state index contributed by atoms with van der Waals surface area (Å²) in [6.45, 7) is 0.949. The van der Waals surface area contributed by atoms with Gasteiger partial charge in [0.2, 0.25) is 0 Å². The van der Waals surface area contributed by atoms with E-state index >= 15 is 0 Å². The number of hydrogen-bond acceptors (Lipinski definition) is 2. The largest absolute Gasteiger partial charge is 0.380 e. The van der Waals surface area contributed by atoms with Gasteiger partial charge in [-0.25, -0.2) is 0 Å². The number of benzene rings is 2. The van der Waals surface area contributed by atoms with Crippen LogP contribution in [0.4, 0.5) is 0 Å². The summed E-state index contributed by atoms with van der Waals surface area (Å²) < 4.78 is 5.97. The first-order valence-electron chi connectivity index (χ1n) is 6.41. The standard InChI is InChI=1S/C16H15BrClNO2/c1-21-10-12-5-3-2-4-11(12)9-19-16(20)14-8-13(17)6-7-15(14)18/h2-8H,9-10H2,1H3,(H,19,20). The second kappa shape index (κ2) is 7.59. The minimum Gasteiger partial charge on any atom is -0.380 e. The van der Waals surface area contributed by atoms with Gasteiger partial charge in [-0.05, 0) is 29.3 Å². The lowest BCUT2D eigenvalue weighted by Crippen LogP contribution is -2.23. The van der Waals surface area contributed by atoms with Gasteiger partial charge in [-0.1, -0.05) is 51.8 Å². The molecule has 0 fully saturated rings. The molecule has 0 radical (unpaired) electrons. The zero-order chi connectivity index (χ0) is 15.2. The van der Waals surface area contributed by atoms with E-state index in [-0.39, 0.29) is 5.91 Å². The molecule has 0 atom stereocenters. The Hall–Kier alpha value is -1.36. The molecule has 2 rings (SSSR count). The number of nitrogens with one attached hydrogen (secondary N) is 1. The second-order valence-electron chi connectivity index (χ2n) is 4.51. The first-order chi connectivity index (χ1) is 10.1. The van der Waals surface area contributed by atoms with E-state index in [1.54, 1.807) is 25.3 Å². The highest BCUT2D eigenvalue weighted by Gasteiger charge is 2.11. The Bertz CT molecular complexity index is 646. The zero-order valence-corrected chi connectivity index (χ0v) is 13.9. The monoisotopic (exact) mass is 367 g/mol. The molecule has 0 aliphatic rings. The molecule has 5 heteroatoms. The molecule has 0 aliphatic carbocycles. The maximum atomic E-state index is 12.2. The average Bonchev–Trinajstić information content (AvgIpc) is 2.49. The van der Waals surface area contributed by atoms with Crippen molar-refractivity contribution < 1.29 is 9.53 Å². The summed E-state index contributed by atoms with van der Waals surface area (Å²) in [7, 11) is 1.65. The van der Waals surface area contributed by atoms with E-state index < -0.39 is 0 Å². The summed E-state index contributed by atoms with van der Waals surface area (Å²) in [6, 6.07) is 13.0. The minimum atomic E-state index is -0.200. The molecule has 1 N–H and O–H groups in total. The highest BCUT2D eigenvalue weighted by atomic mass is 79.9. The Balaban J connectivity index is 2.09. The van der Waals surface area contributed by atoms with Crippen LogP contribution in [0.1, 0.15) is 21.5 Å². The van der Waals surface area contributed by atoms with E-state index in [1.807, 2.05) is 24.3 Å². The molecular formula is C16H15BrClNO2. The Labute approximate surface area is 137 Å². The number of amides is 1. The van der Waals surface area contributed by atoms with E-state index in [1.165, 1.54) is 0 Å². The summed E-state index contributed by atoms with van der Waals surface area (Å²) >= 11 is 9.39. The highest BCUT2D eigenvalue weighted by Crippen LogP contribution is 2.21. The summed E-state index contributed by atoms with van der Waals surface area (Å²) in [5.74, 6) is -0.200. The molecule has 0 bridgehead atoms. The van der Waals surface area contributed by atoms with Crippen molar-refractivity contribution in [2.45, 2.75) is 13.2 Å². The maximum Gasteiger partial charge on any atom is 0.253 e. The predicted molar refractivity (Wildman–Crippen MR) is 87.5 cm³/mol. The lowest BCUT2D eigenvalue weighted by molar-refractivity contribution is 0.0950. The minimum absolute atomic E-state index is 0.200. The molecular weight excluding hydrogens is 354 g/mol. The SMILES string of the molecule is COCc1ccccc1CNC(=O)c1cc(Br)ccc1Cl. The third-order valence-corrected chi connectivity index (χ3v) is 3.85. The van der Waals surface area contributed by atoms with Crippen molar-refractivity contribution in [3.05, 3.63) is 68.7 Å². The molecule has 0 aliphatic heterocycles. The molecule has 2 aromatic carbocycles. The van der Waals surface area contributed by atoms with Gasteiger partial charge in [-0.15, -0.1) is 0 Å². The molecule has 110 valence electrons. The van der Waals surface area contributed by atoms with Crippen molar-refractivity contribution in [1.82, 2.24) is 5.32 Å². The molecule has 21 heavy (non-hydrogen) atoms. The van der Waals surface area contributed by atoms with Crippen molar-refractivity contribution in [2.24, 2.45) is 0 Å². The second-order valence-corrected chi connectivity index (χ2v) is 5.83. The van der Waals surface area contributed by atoms with Crippen molar-refractivity contribution in [2.75, 3.05) is 7.11 Å². The van der Waals surface area contributed by atoms with Crippen LogP contribution in [0.15, 0.2) is 46.9 Å². The van der Waals surface area contributed by atoms with Gasteiger partial charge < -0.3 is 10.1 Å². The predicted octanol–water partition coefficient (Wildman–Crippen LogP) is 4.18. The van der Waals surface area contributed by atoms with Crippen molar-refractivity contribution in [1.29, 1.82) is 0 Å². The fraction of sp³-hybridized carbons (Fsp3) is 0.188. The average molecular weight is 369 g/mol. The summed E-state index contributed by atoms with van der Waals surface area (Å²) in [5.41, 5.74) is 2.54. The van der Waals surface area contributed by atoms with Gasteiger partial charge in [0.25, 0.3) is 5.91 Å². The number of ether oxygens (including phenoxy) is 1. The van der Waals surface area contributed by atoms with E-state index in [0.29, 0.717) is 23.7 Å². The van der Waals surface area contributed by atoms with Crippen LogP contribution in [0, 0.1) is 0 Å². The first-order valence-corrected chi connectivity index (χ1v) is 7.58. The van der Waals surface area contributed by atoms with Gasteiger partial charge in [0, 0.05) is 18.1 Å². The van der Waals surface area contributed by atoms with Gasteiger partial charge in [0.15, 0.2) is 0 Å². The molecule has 0 saturated carbocycles. The summed E-state index contributed by atoms with van der Waals surface area (Å²) in [4.78, 5) is 12.2. The van der Waals surface area contributed by atoms with Crippen LogP contribution in [0.5, 0.6) is 0 Å². The smallest absolute Gasteiger partial charge is 0.253 e. The fourth-order valence-corrected chi connectivity index (χ4v) is 2.53. The molecule has 0 heterocycles. The third kappa shape index (κ3) is 4.30. The molecule has 0 saturated heterocycles. The lowest BCUT2D eigenvalue weighted by atomic mass is 10.1. The zero-order valence-electron chi connectivity index (χ0n) is 11.5. The Morgan fingerprint density at radius 1 is 1.24 bits per heavy atom. The summed E-state index contributed by atoms with van der Waals surface area (Å²) in [6.07, 6.45) is 0. The van der Waals surface area contributed by atoms with Gasteiger partial charge in [0.1, 0.15) is 0 Å². The van der Waals surface area contributed by atoms with Crippen LogP contribution >= 0.6 is 27.5 Å². The van der Waals surface area contributed by atoms with Crippen LogP contribution in [0.3, 0.4) is 0 Å². The maximum absolute atomic E-state index is 12.2. The van der Waals surface area contributed by atoms with E-state index in [0.717, 1.165) is 15.6 Å². The van der Waals surface area contributed by atoms with Gasteiger partial charge in [0.05, 0.1) is 17.2 Å². The van der Waals surface area contributed by atoms with Gasteiger partial charge in [-0.2, -0.15) is 0 Å². The number of halogens is 2. The quantitative estimate of drug-likeness (QED) is 0.860. The molecule has 0 unspecified atom stereocenters. The topological polar surface area (TPSA) is 38.3 Å². The van der Waals surface area contributed by atoms with Crippen molar-refractivity contribution in [3.63, 3.8) is 0 Å². The number of rotatable bonds is 5. The van der Waals surface area contributed by atoms with E-state index in [9.17, 15) is 4.79 Å². The fourth-order valence-electron chi connectivity index (χ4n) is 1.97. The summed E-state index contributed by atoms with van der Waals surface area (Å²) in [5, 5.41) is 3.31. The number of methoxy groups -OCH3 is 1. The number of carbonyl (C=O) groups is 1. The highest BCUT2D eigenvalue weighted by molar-refractivity contribution is 9.10. The molecule has 0 aromatic heterocycles. The first kappa shape index (κ1) is 16.0. The van der Waals surface area contributed by atoms with Crippen LogP contribution in [0.25, 0.3) is 0 Å². The normalized spacial score (nSPS) is 10.4. The molecule has 3 nitrogen and oxygen atoms in total. The number of carbonyl (C=O) groups excluding carboxylic acids is 1. The van der Waals surface area contributed by atoms with E-state index in [2.05, 4.69) is 21.2 Å². The number of hydrogen-bond donors (Lipinski definition) is 1. The molecule has 2 aromatic rings. The van der Waals surface area contributed by atoms with Crippen LogP contribution < -0.4 is 5.32 Å². The lowest BCUT2D eigenvalue weighted by Gasteiger charge is -2.11. The van der Waals surface area contributed by atoms with Crippen LogP contribution in [-0.2, 0) is 17.9 Å². The Morgan fingerprint density at radius 2 is 1.95 bits per heavy atom. The van der Waals surface area contributed by atoms with Gasteiger partial charge >= 0.3 is 0 Å². The van der Waals surface area contributed by atoms with Crippen LogP contribution in [0.2, 0.25) is 5.02 Å². The van der Waals surface area contributed by atoms with E-state index in [4.69, 9.17) is 16.3 Å².